The summed E-state index contributed by atoms with van der Waals surface area (Å²) < 4.78 is 0. The van der Waals surface area contributed by atoms with Crippen molar-refractivity contribution in [1.82, 2.24) is 10.2 Å². The predicted octanol–water partition coefficient (Wildman–Crippen LogP) is 3.69. The number of hydrogen-bond acceptors (Lipinski definition) is 3. The SMILES string of the molecule is CCCCCCC(=O)NCN(C)CCCCCCCCCO. The van der Waals surface area contributed by atoms with Gasteiger partial charge >= 0.3 is 0 Å². The zero-order chi connectivity index (χ0) is 16.5. The van der Waals surface area contributed by atoms with Crippen molar-refractivity contribution >= 4 is 5.91 Å². The number of amides is 1. The van der Waals surface area contributed by atoms with Crippen LogP contribution in [0.25, 0.3) is 0 Å². The van der Waals surface area contributed by atoms with Crippen LogP contribution in [0.15, 0.2) is 0 Å². The van der Waals surface area contributed by atoms with Gasteiger partial charge in [-0.3, -0.25) is 9.69 Å². The van der Waals surface area contributed by atoms with Crippen molar-refractivity contribution in [2.45, 2.75) is 84.0 Å². The fraction of sp³-hybridized carbons (Fsp3) is 0.944. The molecule has 0 spiro atoms. The smallest absolute Gasteiger partial charge is 0.220 e. The summed E-state index contributed by atoms with van der Waals surface area (Å²) in [7, 11) is 2.07. The van der Waals surface area contributed by atoms with Gasteiger partial charge in [0.2, 0.25) is 5.91 Å². The highest BCUT2D eigenvalue weighted by molar-refractivity contribution is 5.75. The Hall–Kier alpha value is -0.610. The lowest BCUT2D eigenvalue weighted by molar-refractivity contribution is -0.121. The van der Waals surface area contributed by atoms with E-state index in [-0.39, 0.29) is 5.91 Å². The van der Waals surface area contributed by atoms with E-state index in [9.17, 15) is 4.79 Å². The Morgan fingerprint density at radius 2 is 1.50 bits per heavy atom. The normalized spacial score (nSPS) is 11.1. The minimum Gasteiger partial charge on any atom is -0.396 e. The fourth-order valence-electron chi connectivity index (χ4n) is 2.48. The molecule has 0 aliphatic rings. The molecule has 0 aliphatic heterocycles. The maximum Gasteiger partial charge on any atom is 0.220 e. The molecule has 0 unspecified atom stereocenters. The summed E-state index contributed by atoms with van der Waals surface area (Å²) in [6.07, 6.45) is 13.6. The lowest BCUT2D eigenvalue weighted by Crippen LogP contribution is -2.35. The summed E-state index contributed by atoms with van der Waals surface area (Å²) >= 11 is 0. The quantitative estimate of drug-likeness (QED) is 0.337. The van der Waals surface area contributed by atoms with Gasteiger partial charge in [-0.1, -0.05) is 58.3 Å². The van der Waals surface area contributed by atoms with E-state index < -0.39 is 0 Å². The topological polar surface area (TPSA) is 52.6 Å². The van der Waals surface area contributed by atoms with Crippen LogP contribution in [0.2, 0.25) is 0 Å². The van der Waals surface area contributed by atoms with Gasteiger partial charge in [-0.2, -0.15) is 0 Å². The molecule has 0 fully saturated rings. The first-order valence-corrected chi connectivity index (χ1v) is 9.26. The fourth-order valence-corrected chi connectivity index (χ4v) is 2.48. The Bertz CT molecular complexity index is 247. The number of rotatable bonds is 16. The molecule has 0 radical (unpaired) electrons. The van der Waals surface area contributed by atoms with Gasteiger partial charge in [0, 0.05) is 13.0 Å². The van der Waals surface area contributed by atoms with Gasteiger partial charge < -0.3 is 10.4 Å². The summed E-state index contributed by atoms with van der Waals surface area (Å²) in [4.78, 5) is 13.8. The number of nitrogens with one attached hydrogen (secondary N) is 1. The third-order valence-corrected chi connectivity index (χ3v) is 4.00. The first-order valence-electron chi connectivity index (χ1n) is 9.26. The molecule has 0 saturated heterocycles. The molecular weight excluding hydrogens is 276 g/mol. The molecule has 22 heavy (non-hydrogen) atoms. The number of carbonyl (C=O) groups excluding carboxylic acids is 1. The number of aliphatic hydroxyl groups is 1. The standard InChI is InChI=1S/C18H38N2O2/c1-3-4-5-11-14-18(22)19-17-20(2)15-12-9-7-6-8-10-13-16-21/h21H,3-17H2,1-2H3,(H,19,22). The molecule has 0 bridgehead atoms. The Kier molecular flexibility index (Phi) is 16.3. The van der Waals surface area contributed by atoms with E-state index in [4.69, 9.17) is 5.11 Å². The van der Waals surface area contributed by atoms with Crippen LogP contribution >= 0.6 is 0 Å². The zero-order valence-electron chi connectivity index (χ0n) is 14.9. The molecular formula is C18H38N2O2. The maximum absolute atomic E-state index is 11.7. The third-order valence-electron chi connectivity index (χ3n) is 4.00. The van der Waals surface area contributed by atoms with Crippen LogP contribution in [0.5, 0.6) is 0 Å². The number of nitrogens with zero attached hydrogens (tertiary/aromatic N) is 1. The molecule has 0 aromatic heterocycles. The average Bonchev–Trinajstić information content (AvgIpc) is 2.52. The molecule has 0 heterocycles. The summed E-state index contributed by atoms with van der Waals surface area (Å²) in [5.41, 5.74) is 0. The summed E-state index contributed by atoms with van der Waals surface area (Å²) in [5.74, 6) is 0.187. The summed E-state index contributed by atoms with van der Waals surface area (Å²) in [6, 6.07) is 0. The minimum absolute atomic E-state index is 0.187. The largest absolute Gasteiger partial charge is 0.396 e. The van der Waals surface area contributed by atoms with E-state index in [1.807, 2.05) is 0 Å². The highest BCUT2D eigenvalue weighted by Crippen LogP contribution is 2.07. The van der Waals surface area contributed by atoms with E-state index in [0.29, 0.717) is 19.7 Å². The van der Waals surface area contributed by atoms with Crippen molar-refractivity contribution in [1.29, 1.82) is 0 Å². The molecule has 4 nitrogen and oxygen atoms in total. The van der Waals surface area contributed by atoms with Crippen LogP contribution < -0.4 is 5.32 Å². The average molecular weight is 315 g/mol. The number of carbonyl (C=O) groups is 1. The summed E-state index contributed by atoms with van der Waals surface area (Å²) in [5, 5.41) is 11.7. The van der Waals surface area contributed by atoms with Crippen molar-refractivity contribution in [2.75, 3.05) is 26.9 Å². The van der Waals surface area contributed by atoms with Gasteiger partial charge in [0.25, 0.3) is 0 Å². The first-order chi connectivity index (χ1) is 10.7. The van der Waals surface area contributed by atoms with Crippen molar-refractivity contribution in [3.63, 3.8) is 0 Å². The van der Waals surface area contributed by atoms with Crippen molar-refractivity contribution in [3.8, 4) is 0 Å². The Morgan fingerprint density at radius 3 is 2.14 bits per heavy atom. The maximum atomic E-state index is 11.7. The van der Waals surface area contributed by atoms with Crippen LogP contribution in [0.4, 0.5) is 0 Å². The first kappa shape index (κ1) is 21.4. The van der Waals surface area contributed by atoms with Crippen molar-refractivity contribution in [3.05, 3.63) is 0 Å². The lowest BCUT2D eigenvalue weighted by Gasteiger charge is -2.17. The van der Waals surface area contributed by atoms with Gasteiger partial charge in [0.1, 0.15) is 0 Å². The zero-order valence-corrected chi connectivity index (χ0v) is 14.9. The van der Waals surface area contributed by atoms with Gasteiger partial charge in [-0.15, -0.1) is 0 Å². The van der Waals surface area contributed by atoms with E-state index in [0.717, 1.165) is 32.2 Å². The van der Waals surface area contributed by atoms with Gasteiger partial charge in [-0.05, 0) is 32.9 Å². The molecule has 0 atom stereocenters. The molecule has 132 valence electrons. The van der Waals surface area contributed by atoms with Crippen LogP contribution in [-0.2, 0) is 4.79 Å². The van der Waals surface area contributed by atoms with E-state index >= 15 is 0 Å². The second-order valence-corrected chi connectivity index (χ2v) is 6.35. The molecule has 0 aliphatic carbocycles. The van der Waals surface area contributed by atoms with Gasteiger partial charge in [0.05, 0.1) is 6.67 Å². The second kappa shape index (κ2) is 16.8. The number of hydrogen-bond donors (Lipinski definition) is 2. The van der Waals surface area contributed by atoms with E-state index in [2.05, 4.69) is 24.2 Å². The second-order valence-electron chi connectivity index (χ2n) is 6.35. The molecule has 1 amide bonds. The minimum atomic E-state index is 0.187. The lowest BCUT2D eigenvalue weighted by atomic mass is 10.1. The van der Waals surface area contributed by atoms with Crippen LogP contribution in [0.3, 0.4) is 0 Å². The molecule has 0 rings (SSSR count). The van der Waals surface area contributed by atoms with Crippen LogP contribution in [0.1, 0.15) is 84.0 Å². The number of aliphatic hydroxyl groups excluding tert-OH is 1. The Labute approximate surface area is 137 Å². The van der Waals surface area contributed by atoms with Gasteiger partial charge in [0.15, 0.2) is 0 Å². The monoisotopic (exact) mass is 314 g/mol. The molecule has 4 heteroatoms. The highest BCUT2D eigenvalue weighted by Gasteiger charge is 2.03. The molecule has 2 N–H and O–H groups in total. The Balaban J connectivity index is 3.31. The van der Waals surface area contributed by atoms with Crippen molar-refractivity contribution in [2.24, 2.45) is 0 Å². The molecule has 0 saturated carbocycles. The van der Waals surface area contributed by atoms with Crippen LogP contribution in [-0.4, -0.2) is 42.8 Å². The molecule has 0 aromatic rings. The Morgan fingerprint density at radius 1 is 0.909 bits per heavy atom. The van der Waals surface area contributed by atoms with E-state index in [1.165, 1.54) is 44.9 Å². The number of unbranched alkanes of at least 4 members (excludes halogenated alkanes) is 9. The van der Waals surface area contributed by atoms with Gasteiger partial charge in [-0.25, -0.2) is 0 Å². The third kappa shape index (κ3) is 15.8. The summed E-state index contributed by atoms with van der Waals surface area (Å²) in [6.45, 7) is 4.23. The predicted molar refractivity (Wildman–Crippen MR) is 93.8 cm³/mol. The highest BCUT2D eigenvalue weighted by atomic mass is 16.2. The van der Waals surface area contributed by atoms with E-state index in [1.54, 1.807) is 0 Å². The van der Waals surface area contributed by atoms with Crippen molar-refractivity contribution < 1.29 is 9.90 Å². The molecule has 0 aromatic carbocycles. The van der Waals surface area contributed by atoms with Crippen LogP contribution in [0, 0.1) is 0 Å².